The van der Waals surface area contributed by atoms with Crippen molar-refractivity contribution in [1.29, 1.82) is 0 Å². The predicted octanol–water partition coefficient (Wildman–Crippen LogP) is 3.14. The van der Waals surface area contributed by atoms with Crippen molar-refractivity contribution < 1.29 is 9.53 Å². The van der Waals surface area contributed by atoms with E-state index in [4.69, 9.17) is 4.74 Å². The number of hydrogen-bond donors (Lipinski definition) is 1. The number of ether oxygens (including phenoxy) is 1. The van der Waals surface area contributed by atoms with Gasteiger partial charge >= 0.3 is 0 Å². The van der Waals surface area contributed by atoms with Gasteiger partial charge < -0.3 is 15.0 Å². The van der Waals surface area contributed by atoms with Crippen LogP contribution in [0.5, 0.6) is 5.75 Å². The molecule has 0 spiro atoms. The van der Waals surface area contributed by atoms with Crippen molar-refractivity contribution >= 4 is 18.3 Å². The summed E-state index contributed by atoms with van der Waals surface area (Å²) in [7, 11) is 3.70. The molecule has 1 saturated heterocycles. The number of amides is 1. The molecule has 0 bridgehead atoms. The van der Waals surface area contributed by atoms with Crippen molar-refractivity contribution in [2.75, 3.05) is 27.2 Å². The Morgan fingerprint density at radius 1 is 1.33 bits per heavy atom. The van der Waals surface area contributed by atoms with Crippen LogP contribution in [0.3, 0.4) is 0 Å². The fourth-order valence-electron chi connectivity index (χ4n) is 4.01. The first kappa shape index (κ1) is 19.1. The third-order valence-electron chi connectivity index (χ3n) is 5.39. The predicted molar refractivity (Wildman–Crippen MR) is 99.2 cm³/mol. The van der Waals surface area contributed by atoms with Gasteiger partial charge in [-0.3, -0.25) is 4.79 Å². The lowest BCUT2D eigenvalue weighted by Gasteiger charge is -2.34. The second-order valence-electron chi connectivity index (χ2n) is 6.83. The number of likely N-dealkylation sites (N-methyl/N-ethyl adjacent to an activating group) is 1. The van der Waals surface area contributed by atoms with Crippen LogP contribution in [-0.4, -0.2) is 44.1 Å². The van der Waals surface area contributed by atoms with Gasteiger partial charge in [-0.25, -0.2) is 0 Å². The molecule has 3 rings (SSSR count). The molecule has 1 aromatic rings. The molecular weight excluding hydrogens is 324 g/mol. The molecule has 1 N–H and O–H groups in total. The van der Waals surface area contributed by atoms with Crippen LogP contribution in [0.2, 0.25) is 0 Å². The van der Waals surface area contributed by atoms with Crippen molar-refractivity contribution in [2.24, 2.45) is 0 Å². The van der Waals surface area contributed by atoms with Gasteiger partial charge in [0.15, 0.2) is 0 Å². The molecule has 0 aromatic heterocycles. The lowest BCUT2D eigenvalue weighted by atomic mass is 9.80. The quantitative estimate of drug-likeness (QED) is 0.905. The van der Waals surface area contributed by atoms with Gasteiger partial charge in [0.05, 0.1) is 7.11 Å². The average molecular weight is 353 g/mol. The van der Waals surface area contributed by atoms with E-state index in [1.807, 2.05) is 13.1 Å². The number of halogens is 1. The highest BCUT2D eigenvalue weighted by atomic mass is 35.5. The Kier molecular flexibility index (Phi) is 6.93. The molecule has 134 valence electrons. The Labute approximate surface area is 151 Å². The maximum absolute atomic E-state index is 12.7. The minimum absolute atomic E-state index is 0. The normalized spacial score (nSPS) is 23.2. The van der Waals surface area contributed by atoms with Crippen molar-refractivity contribution in [3.05, 3.63) is 29.3 Å². The van der Waals surface area contributed by atoms with Gasteiger partial charge in [-0.15, -0.1) is 12.4 Å². The first-order valence-electron chi connectivity index (χ1n) is 8.83. The van der Waals surface area contributed by atoms with E-state index in [0.29, 0.717) is 24.3 Å². The highest BCUT2D eigenvalue weighted by Crippen LogP contribution is 2.36. The van der Waals surface area contributed by atoms with Crippen LogP contribution >= 0.6 is 12.4 Å². The lowest BCUT2D eigenvalue weighted by molar-refractivity contribution is -0.133. The minimum Gasteiger partial charge on any atom is -0.497 e. The summed E-state index contributed by atoms with van der Waals surface area (Å²) < 4.78 is 5.33. The van der Waals surface area contributed by atoms with Crippen molar-refractivity contribution in [3.8, 4) is 5.75 Å². The monoisotopic (exact) mass is 352 g/mol. The number of carbonyl (C=O) groups excluding carboxylic acids is 1. The number of hydrogen-bond acceptors (Lipinski definition) is 3. The Hall–Kier alpha value is -1.26. The highest BCUT2D eigenvalue weighted by Gasteiger charge is 2.27. The molecule has 4 nitrogen and oxygen atoms in total. The maximum Gasteiger partial charge on any atom is 0.223 e. The van der Waals surface area contributed by atoms with E-state index in [9.17, 15) is 4.79 Å². The minimum atomic E-state index is 0. The summed E-state index contributed by atoms with van der Waals surface area (Å²) in [5, 5.41) is 3.31. The van der Waals surface area contributed by atoms with Gasteiger partial charge in [0.2, 0.25) is 5.91 Å². The summed E-state index contributed by atoms with van der Waals surface area (Å²) in [4.78, 5) is 14.8. The second kappa shape index (κ2) is 8.72. The van der Waals surface area contributed by atoms with E-state index < -0.39 is 0 Å². The molecule has 1 amide bonds. The molecular formula is C19H29ClN2O2. The van der Waals surface area contributed by atoms with Gasteiger partial charge in [-0.2, -0.15) is 0 Å². The van der Waals surface area contributed by atoms with E-state index in [2.05, 4.69) is 22.3 Å². The van der Waals surface area contributed by atoms with Crippen LogP contribution in [0.15, 0.2) is 18.2 Å². The summed E-state index contributed by atoms with van der Waals surface area (Å²) in [5.74, 6) is 1.61. The summed E-state index contributed by atoms with van der Waals surface area (Å²) >= 11 is 0. The van der Waals surface area contributed by atoms with Gasteiger partial charge in [0, 0.05) is 25.6 Å². The lowest BCUT2D eigenvalue weighted by Crippen LogP contribution is -2.47. The van der Waals surface area contributed by atoms with Crippen LogP contribution in [-0.2, 0) is 11.2 Å². The second-order valence-corrected chi connectivity index (χ2v) is 6.83. The van der Waals surface area contributed by atoms with Gasteiger partial charge in [-0.05, 0) is 68.3 Å². The molecule has 1 aliphatic carbocycles. The number of likely N-dealkylation sites (tertiary alicyclic amines) is 1. The third kappa shape index (κ3) is 4.22. The summed E-state index contributed by atoms with van der Waals surface area (Å²) in [6.45, 7) is 1.77. The number of benzene rings is 1. The van der Waals surface area contributed by atoms with Crippen molar-refractivity contribution in [3.63, 3.8) is 0 Å². The van der Waals surface area contributed by atoms with Gasteiger partial charge in [0.25, 0.3) is 0 Å². The van der Waals surface area contributed by atoms with Gasteiger partial charge in [0.1, 0.15) is 5.75 Å². The number of nitrogens with zero attached hydrogens (tertiary/aromatic N) is 1. The number of fused-ring (bicyclic) bond motifs is 1. The Balaban J connectivity index is 0.00000208. The zero-order valence-electron chi connectivity index (χ0n) is 14.7. The third-order valence-corrected chi connectivity index (χ3v) is 5.39. The molecule has 1 aliphatic heterocycles. The van der Waals surface area contributed by atoms with Crippen LogP contribution < -0.4 is 10.1 Å². The number of nitrogens with one attached hydrogen (secondary N) is 1. The van der Waals surface area contributed by atoms with Gasteiger partial charge in [-0.1, -0.05) is 6.07 Å². The molecule has 1 fully saturated rings. The molecule has 2 aliphatic rings. The molecule has 1 aromatic carbocycles. The maximum atomic E-state index is 12.7. The highest BCUT2D eigenvalue weighted by molar-refractivity contribution is 5.85. The van der Waals surface area contributed by atoms with Crippen LogP contribution in [0.1, 0.15) is 49.1 Å². The molecule has 5 heteroatoms. The van der Waals surface area contributed by atoms with Crippen LogP contribution in [0, 0.1) is 0 Å². The van der Waals surface area contributed by atoms with Crippen LogP contribution in [0.4, 0.5) is 0 Å². The van der Waals surface area contributed by atoms with E-state index in [1.54, 1.807) is 7.11 Å². The first-order valence-corrected chi connectivity index (χ1v) is 8.83. The zero-order valence-corrected chi connectivity index (χ0v) is 15.5. The fraction of sp³-hybridized carbons (Fsp3) is 0.632. The topological polar surface area (TPSA) is 41.6 Å². The fourth-order valence-corrected chi connectivity index (χ4v) is 4.01. The smallest absolute Gasteiger partial charge is 0.223 e. The number of aryl methyl sites for hydroxylation is 1. The van der Waals surface area contributed by atoms with Crippen molar-refractivity contribution in [2.45, 2.75) is 50.5 Å². The standard InChI is InChI=1S/C19H28N2O2.ClH/c1-20-16-7-4-10-21(13-16)19(22)12-15-6-3-5-14-11-17(23-2)8-9-18(14)15;/h8-9,11,15-16,20H,3-7,10,12-13H2,1-2H3;1H. The molecule has 2 unspecified atom stereocenters. The number of piperidine rings is 1. The number of rotatable bonds is 4. The molecule has 1 heterocycles. The van der Waals surface area contributed by atoms with Crippen LogP contribution in [0.25, 0.3) is 0 Å². The summed E-state index contributed by atoms with van der Waals surface area (Å²) in [6, 6.07) is 6.79. The zero-order chi connectivity index (χ0) is 16.2. The van der Waals surface area contributed by atoms with E-state index in [0.717, 1.165) is 44.5 Å². The van der Waals surface area contributed by atoms with E-state index in [1.165, 1.54) is 17.5 Å². The Bertz CT molecular complexity index is 564. The molecule has 0 radical (unpaired) electrons. The number of methoxy groups -OCH3 is 1. The first-order chi connectivity index (χ1) is 11.2. The Morgan fingerprint density at radius 3 is 2.92 bits per heavy atom. The van der Waals surface area contributed by atoms with E-state index >= 15 is 0 Å². The average Bonchev–Trinajstić information content (AvgIpc) is 2.61. The molecule has 24 heavy (non-hydrogen) atoms. The molecule has 0 saturated carbocycles. The van der Waals surface area contributed by atoms with Crippen molar-refractivity contribution in [1.82, 2.24) is 10.2 Å². The molecule has 2 atom stereocenters. The summed E-state index contributed by atoms with van der Waals surface area (Å²) in [5.41, 5.74) is 2.72. The SMILES string of the molecule is CNC1CCCN(C(=O)CC2CCCc3cc(OC)ccc32)C1.Cl. The Morgan fingerprint density at radius 2 is 2.17 bits per heavy atom. The largest absolute Gasteiger partial charge is 0.497 e. The summed E-state index contributed by atoms with van der Waals surface area (Å²) in [6.07, 6.45) is 6.31. The van der Waals surface area contributed by atoms with E-state index in [-0.39, 0.29) is 12.4 Å². The number of carbonyl (C=O) groups is 1.